The lowest BCUT2D eigenvalue weighted by Gasteiger charge is -2.32. The molecule has 0 atom stereocenters. The minimum absolute atomic E-state index is 0.154. The van der Waals surface area contributed by atoms with Gasteiger partial charge in [0.05, 0.1) is 19.8 Å². The third kappa shape index (κ3) is 10.4. The van der Waals surface area contributed by atoms with Gasteiger partial charge in [-0.05, 0) is 33.6 Å². The van der Waals surface area contributed by atoms with E-state index in [0.717, 1.165) is 32.5 Å². The second-order valence-electron chi connectivity index (χ2n) is 6.82. The molecule has 2 N–H and O–H groups in total. The van der Waals surface area contributed by atoms with Gasteiger partial charge < -0.3 is 29.5 Å². The summed E-state index contributed by atoms with van der Waals surface area (Å²) in [5.74, 6) is -0.974. The normalized spacial score (nSPS) is 16.8. The van der Waals surface area contributed by atoms with Gasteiger partial charge in [-0.25, -0.2) is 9.59 Å². The number of carbonyl (C=O) groups excluding carboxylic acids is 1. The fourth-order valence-electron chi connectivity index (χ4n) is 2.35. The number of piperidine rings is 1. The van der Waals surface area contributed by atoms with Crippen LogP contribution >= 0.6 is 0 Å². The van der Waals surface area contributed by atoms with Gasteiger partial charge in [0.25, 0.3) is 0 Å². The Balaban J connectivity index is 2.03. The first kappa shape index (κ1) is 20.7. The fourth-order valence-corrected chi connectivity index (χ4v) is 2.35. The third-order valence-corrected chi connectivity index (χ3v) is 3.46. The predicted octanol–water partition coefficient (Wildman–Crippen LogP) is 1.09. The van der Waals surface area contributed by atoms with Gasteiger partial charge in [0.15, 0.2) is 0 Å². The van der Waals surface area contributed by atoms with Gasteiger partial charge in [-0.15, -0.1) is 0 Å². The molecular weight excluding hydrogens is 316 g/mol. The number of rotatable bonds is 9. The molecule has 1 aliphatic heterocycles. The van der Waals surface area contributed by atoms with Gasteiger partial charge in [-0.2, -0.15) is 0 Å². The number of alkyl carbamates (subject to hydrolysis) is 1. The van der Waals surface area contributed by atoms with Crippen LogP contribution in [0.3, 0.4) is 0 Å². The first-order valence-electron chi connectivity index (χ1n) is 8.35. The summed E-state index contributed by atoms with van der Waals surface area (Å²) < 4.78 is 15.6. The van der Waals surface area contributed by atoms with Gasteiger partial charge in [-0.1, -0.05) is 0 Å². The number of hydrogen-bond donors (Lipinski definition) is 2. The molecule has 8 heteroatoms. The lowest BCUT2D eigenvalue weighted by molar-refractivity contribution is -0.142. The second-order valence-corrected chi connectivity index (χ2v) is 6.82. The van der Waals surface area contributed by atoms with Crippen molar-refractivity contribution in [3.8, 4) is 0 Å². The number of aliphatic carboxylic acids is 1. The van der Waals surface area contributed by atoms with E-state index in [1.165, 1.54) is 0 Å². The standard InChI is InChI=1S/C16H30N2O6/c1-16(2,3)24-15(21)17-13-4-6-18(7-5-13)8-9-22-10-11-23-12-14(19)20/h13H,4-12H2,1-3H3,(H,17,21)(H,19,20). The lowest BCUT2D eigenvalue weighted by Crippen LogP contribution is -2.46. The van der Waals surface area contributed by atoms with E-state index in [0.29, 0.717) is 13.2 Å². The van der Waals surface area contributed by atoms with Gasteiger partial charge in [-0.3, -0.25) is 0 Å². The Labute approximate surface area is 143 Å². The highest BCUT2D eigenvalue weighted by Gasteiger charge is 2.23. The summed E-state index contributed by atoms with van der Waals surface area (Å²) in [6.07, 6.45) is 1.42. The number of hydrogen-bond acceptors (Lipinski definition) is 6. The smallest absolute Gasteiger partial charge is 0.407 e. The quantitative estimate of drug-likeness (QED) is 0.603. The fraction of sp³-hybridized carbons (Fsp3) is 0.875. The van der Waals surface area contributed by atoms with Crippen LogP contribution in [0, 0.1) is 0 Å². The van der Waals surface area contributed by atoms with E-state index < -0.39 is 11.6 Å². The summed E-state index contributed by atoms with van der Waals surface area (Å²) in [5, 5.41) is 11.3. The first-order valence-corrected chi connectivity index (χ1v) is 8.35. The number of ether oxygens (including phenoxy) is 3. The van der Waals surface area contributed by atoms with Crippen LogP contribution in [0.15, 0.2) is 0 Å². The molecule has 140 valence electrons. The molecule has 8 nitrogen and oxygen atoms in total. The van der Waals surface area contributed by atoms with Crippen molar-refractivity contribution in [1.29, 1.82) is 0 Å². The Kier molecular flexibility index (Phi) is 9.02. The molecule has 0 saturated carbocycles. The van der Waals surface area contributed by atoms with Crippen LogP contribution in [-0.4, -0.2) is 79.8 Å². The molecule has 1 saturated heterocycles. The number of amides is 1. The van der Waals surface area contributed by atoms with Crippen LogP contribution in [0.2, 0.25) is 0 Å². The zero-order chi connectivity index (χ0) is 18.0. The van der Waals surface area contributed by atoms with E-state index in [1.807, 2.05) is 20.8 Å². The average Bonchev–Trinajstić information content (AvgIpc) is 2.45. The Bertz CT molecular complexity index is 389. The van der Waals surface area contributed by atoms with Gasteiger partial charge in [0.1, 0.15) is 12.2 Å². The SMILES string of the molecule is CC(C)(C)OC(=O)NC1CCN(CCOCCOCC(=O)O)CC1. The molecule has 24 heavy (non-hydrogen) atoms. The van der Waals surface area contributed by atoms with Crippen LogP contribution in [-0.2, 0) is 19.0 Å². The van der Waals surface area contributed by atoms with E-state index in [4.69, 9.17) is 19.3 Å². The topological polar surface area (TPSA) is 97.3 Å². The maximum atomic E-state index is 11.7. The van der Waals surface area contributed by atoms with E-state index in [2.05, 4.69) is 10.2 Å². The molecule has 0 bridgehead atoms. The number of carboxylic acids is 1. The predicted molar refractivity (Wildman–Crippen MR) is 88.1 cm³/mol. The molecule has 0 aromatic carbocycles. The lowest BCUT2D eigenvalue weighted by atomic mass is 10.1. The molecule has 0 spiro atoms. The summed E-state index contributed by atoms with van der Waals surface area (Å²) >= 11 is 0. The first-order chi connectivity index (χ1) is 11.3. The number of likely N-dealkylation sites (tertiary alicyclic amines) is 1. The minimum Gasteiger partial charge on any atom is -0.480 e. The molecule has 1 fully saturated rings. The molecule has 0 aromatic heterocycles. The van der Waals surface area contributed by atoms with Crippen molar-refractivity contribution < 1.29 is 28.9 Å². The molecule has 0 aromatic rings. The van der Waals surface area contributed by atoms with Crippen LogP contribution in [0.1, 0.15) is 33.6 Å². The number of carbonyl (C=O) groups is 2. The highest BCUT2D eigenvalue weighted by atomic mass is 16.6. The van der Waals surface area contributed by atoms with Crippen LogP contribution in [0.4, 0.5) is 4.79 Å². The Morgan fingerprint density at radius 2 is 1.75 bits per heavy atom. The number of carboxylic acid groups (broad SMARTS) is 1. The van der Waals surface area contributed by atoms with E-state index in [1.54, 1.807) is 0 Å². The Morgan fingerprint density at radius 3 is 2.33 bits per heavy atom. The molecule has 1 rings (SSSR count). The molecule has 0 unspecified atom stereocenters. The highest BCUT2D eigenvalue weighted by Crippen LogP contribution is 2.12. The maximum absolute atomic E-state index is 11.7. The molecular formula is C16H30N2O6. The van der Waals surface area contributed by atoms with Crippen LogP contribution in [0.25, 0.3) is 0 Å². The average molecular weight is 346 g/mol. The van der Waals surface area contributed by atoms with Gasteiger partial charge in [0, 0.05) is 25.7 Å². The summed E-state index contributed by atoms with van der Waals surface area (Å²) in [5.41, 5.74) is -0.476. The summed E-state index contributed by atoms with van der Waals surface area (Å²) in [4.78, 5) is 24.3. The van der Waals surface area contributed by atoms with Gasteiger partial charge in [0.2, 0.25) is 0 Å². The van der Waals surface area contributed by atoms with Crippen LogP contribution in [0.5, 0.6) is 0 Å². The van der Waals surface area contributed by atoms with Crippen molar-refractivity contribution in [2.75, 3.05) is 46.1 Å². The van der Waals surface area contributed by atoms with Crippen molar-refractivity contribution in [3.05, 3.63) is 0 Å². The largest absolute Gasteiger partial charge is 0.480 e. The Morgan fingerprint density at radius 1 is 1.12 bits per heavy atom. The molecule has 1 aliphatic rings. The molecule has 0 radical (unpaired) electrons. The van der Waals surface area contributed by atoms with E-state index in [9.17, 15) is 9.59 Å². The zero-order valence-electron chi connectivity index (χ0n) is 14.9. The van der Waals surface area contributed by atoms with E-state index >= 15 is 0 Å². The number of nitrogens with one attached hydrogen (secondary N) is 1. The summed E-state index contributed by atoms with van der Waals surface area (Å²) in [7, 11) is 0. The summed E-state index contributed by atoms with van der Waals surface area (Å²) in [6, 6.07) is 0.154. The number of nitrogens with zero attached hydrogens (tertiary/aromatic N) is 1. The minimum atomic E-state index is -0.974. The maximum Gasteiger partial charge on any atom is 0.407 e. The molecule has 0 aliphatic carbocycles. The second kappa shape index (κ2) is 10.5. The van der Waals surface area contributed by atoms with E-state index in [-0.39, 0.29) is 25.3 Å². The highest BCUT2D eigenvalue weighted by molar-refractivity contribution is 5.68. The molecule has 1 heterocycles. The van der Waals surface area contributed by atoms with Crippen molar-refractivity contribution in [3.63, 3.8) is 0 Å². The van der Waals surface area contributed by atoms with Crippen molar-refractivity contribution in [1.82, 2.24) is 10.2 Å². The van der Waals surface area contributed by atoms with Crippen molar-refractivity contribution >= 4 is 12.1 Å². The monoisotopic (exact) mass is 346 g/mol. The Hall–Kier alpha value is -1.38. The molecule has 1 amide bonds. The summed E-state index contributed by atoms with van der Waals surface area (Å²) in [6.45, 7) is 9.14. The van der Waals surface area contributed by atoms with Crippen LogP contribution < -0.4 is 5.32 Å². The van der Waals surface area contributed by atoms with Crippen molar-refractivity contribution in [2.24, 2.45) is 0 Å². The zero-order valence-corrected chi connectivity index (χ0v) is 14.9. The van der Waals surface area contributed by atoms with Crippen molar-refractivity contribution in [2.45, 2.75) is 45.3 Å². The third-order valence-electron chi connectivity index (χ3n) is 3.46. The van der Waals surface area contributed by atoms with Gasteiger partial charge >= 0.3 is 12.1 Å².